The van der Waals surface area contributed by atoms with Crippen LogP contribution in [0.15, 0.2) is 36.4 Å². The van der Waals surface area contributed by atoms with Crippen LogP contribution in [-0.2, 0) is 11.0 Å². The van der Waals surface area contributed by atoms with Gasteiger partial charge in [-0.1, -0.05) is 41.4 Å². The molecule has 0 spiro atoms. The van der Waals surface area contributed by atoms with Gasteiger partial charge >= 0.3 is 12.1 Å². The number of piperidine rings is 1. The molecule has 29 heavy (non-hydrogen) atoms. The van der Waals surface area contributed by atoms with Gasteiger partial charge in [0, 0.05) is 6.54 Å². The maximum Gasteiger partial charge on any atom is 0.417 e. The van der Waals surface area contributed by atoms with Crippen LogP contribution in [-0.4, -0.2) is 29.1 Å². The minimum atomic E-state index is -4.56. The molecule has 1 fully saturated rings. The Balaban J connectivity index is 2.12. The minimum absolute atomic E-state index is 0.289. The fourth-order valence-corrected chi connectivity index (χ4v) is 4.32. The van der Waals surface area contributed by atoms with Crippen LogP contribution in [0.1, 0.15) is 46.7 Å². The highest BCUT2D eigenvalue weighted by Crippen LogP contribution is 2.40. The van der Waals surface area contributed by atoms with E-state index < -0.39 is 29.7 Å². The van der Waals surface area contributed by atoms with Crippen LogP contribution in [0.4, 0.5) is 13.2 Å². The summed E-state index contributed by atoms with van der Waals surface area (Å²) in [6, 6.07) is 9.32. The van der Waals surface area contributed by atoms with Crippen molar-refractivity contribution in [2.24, 2.45) is 5.92 Å². The maximum absolute atomic E-state index is 13.5. The van der Waals surface area contributed by atoms with Gasteiger partial charge in [-0.05, 0) is 62.1 Å². The van der Waals surface area contributed by atoms with Crippen molar-refractivity contribution in [3.05, 3.63) is 69.2 Å². The summed E-state index contributed by atoms with van der Waals surface area (Å²) in [5.74, 6) is -1.41. The van der Waals surface area contributed by atoms with Crippen LogP contribution in [0.2, 0.25) is 5.02 Å². The van der Waals surface area contributed by atoms with Crippen LogP contribution < -0.4 is 0 Å². The number of rotatable bonds is 4. The largest absolute Gasteiger partial charge is 0.481 e. The lowest BCUT2D eigenvalue weighted by molar-refractivity contribution is -0.143. The van der Waals surface area contributed by atoms with E-state index in [-0.39, 0.29) is 11.6 Å². The van der Waals surface area contributed by atoms with Gasteiger partial charge in [0.05, 0.1) is 22.5 Å². The highest BCUT2D eigenvalue weighted by atomic mass is 35.5. The van der Waals surface area contributed by atoms with Gasteiger partial charge in [0.25, 0.3) is 0 Å². The van der Waals surface area contributed by atoms with Crippen molar-refractivity contribution in [1.29, 1.82) is 0 Å². The predicted octanol–water partition coefficient (Wildman–Crippen LogP) is 5.86. The number of aryl methyl sites for hydroxylation is 2. The maximum atomic E-state index is 13.5. The lowest BCUT2D eigenvalue weighted by Gasteiger charge is -2.38. The number of alkyl halides is 3. The molecule has 2 unspecified atom stereocenters. The SMILES string of the molecule is Cc1ccc(C(c2ccc(Cl)c(C(F)(F)F)c2)N2CCCC(C(=O)O)C2)c(C)c1. The Hall–Kier alpha value is -2.05. The smallest absolute Gasteiger partial charge is 0.417 e. The van der Waals surface area contributed by atoms with E-state index in [9.17, 15) is 23.1 Å². The van der Waals surface area contributed by atoms with E-state index in [0.29, 0.717) is 24.9 Å². The summed E-state index contributed by atoms with van der Waals surface area (Å²) in [6.45, 7) is 4.79. The fourth-order valence-electron chi connectivity index (χ4n) is 4.09. The standard InChI is InChI=1S/C22H23ClF3NO2/c1-13-5-7-17(14(2)10-13)20(27-9-3-4-16(12-27)21(28)29)15-6-8-19(23)18(11-15)22(24,25)26/h5-8,10-11,16,20H,3-4,9,12H2,1-2H3,(H,28,29). The number of carboxylic acid groups (broad SMARTS) is 1. The normalized spacial score (nSPS) is 19.2. The molecule has 3 nitrogen and oxygen atoms in total. The number of halogens is 4. The topological polar surface area (TPSA) is 40.5 Å². The van der Waals surface area contributed by atoms with Gasteiger partial charge in [-0.2, -0.15) is 13.2 Å². The molecule has 1 saturated heterocycles. The second-order valence-corrected chi connectivity index (χ2v) is 8.08. The summed E-state index contributed by atoms with van der Waals surface area (Å²) in [4.78, 5) is 13.5. The van der Waals surface area contributed by atoms with Crippen molar-refractivity contribution in [3.8, 4) is 0 Å². The van der Waals surface area contributed by atoms with Crippen molar-refractivity contribution in [2.45, 2.75) is 38.9 Å². The lowest BCUT2D eigenvalue weighted by Crippen LogP contribution is -2.41. The molecule has 7 heteroatoms. The zero-order valence-corrected chi connectivity index (χ0v) is 17.0. The van der Waals surface area contributed by atoms with Crippen molar-refractivity contribution < 1.29 is 23.1 Å². The number of benzene rings is 2. The third-order valence-corrected chi connectivity index (χ3v) is 5.83. The quantitative estimate of drug-likeness (QED) is 0.666. The molecule has 1 heterocycles. The number of aliphatic carboxylic acids is 1. The first-order chi connectivity index (χ1) is 13.6. The molecule has 2 aromatic carbocycles. The predicted molar refractivity (Wildman–Crippen MR) is 106 cm³/mol. The van der Waals surface area contributed by atoms with Crippen molar-refractivity contribution in [1.82, 2.24) is 4.90 Å². The van der Waals surface area contributed by atoms with Crippen molar-refractivity contribution in [3.63, 3.8) is 0 Å². The third-order valence-electron chi connectivity index (χ3n) is 5.50. The van der Waals surface area contributed by atoms with Crippen LogP contribution in [0.5, 0.6) is 0 Å². The molecule has 2 atom stereocenters. The van der Waals surface area contributed by atoms with Gasteiger partial charge < -0.3 is 5.11 Å². The Labute approximate surface area is 173 Å². The molecular weight excluding hydrogens is 403 g/mol. The molecule has 0 saturated carbocycles. The van der Waals surface area contributed by atoms with Gasteiger partial charge in [-0.3, -0.25) is 9.69 Å². The van der Waals surface area contributed by atoms with Crippen LogP contribution >= 0.6 is 11.6 Å². The molecule has 2 aromatic rings. The van der Waals surface area contributed by atoms with E-state index in [4.69, 9.17) is 11.6 Å². The van der Waals surface area contributed by atoms with E-state index in [0.717, 1.165) is 22.8 Å². The molecule has 0 aliphatic carbocycles. The first-order valence-electron chi connectivity index (χ1n) is 9.48. The zero-order valence-electron chi connectivity index (χ0n) is 16.3. The summed E-state index contributed by atoms with van der Waals surface area (Å²) in [5.41, 5.74) is 2.46. The Bertz CT molecular complexity index is 913. The van der Waals surface area contributed by atoms with E-state index >= 15 is 0 Å². The van der Waals surface area contributed by atoms with Crippen molar-refractivity contribution >= 4 is 17.6 Å². The summed E-state index contributed by atoms with van der Waals surface area (Å²) in [7, 11) is 0. The Morgan fingerprint density at radius 1 is 1.21 bits per heavy atom. The van der Waals surface area contributed by atoms with E-state index in [1.54, 1.807) is 6.07 Å². The minimum Gasteiger partial charge on any atom is -0.481 e. The number of carboxylic acids is 1. The fraction of sp³-hybridized carbons (Fsp3) is 0.409. The number of hydrogen-bond donors (Lipinski definition) is 1. The second-order valence-electron chi connectivity index (χ2n) is 7.67. The zero-order chi connectivity index (χ0) is 21.3. The molecule has 1 aliphatic heterocycles. The summed E-state index contributed by atoms with van der Waals surface area (Å²) >= 11 is 5.82. The summed E-state index contributed by atoms with van der Waals surface area (Å²) < 4.78 is 40.4. The van der Waals surface area contributed by atoms with E-state index in [1.165, 1.54) is 6.07 Å². The third kappa shape index (κ3) is 4.75. The molecule has 1 N–H and O–H groups in total. The number of likely N-dealkylation sites (tertiary alicyclic amines) is 1. The van der Waals surface area contributed by atoms with E-state index in [2.05, 4.69) is 0 Å². The average molecular weight is 426 g/mol. The van der Waals surface area contributed by atoms with Crippen LogP contribution in [0.3, 0.4) is 0 Å². The number of carbonyl (C=O) groups is 1. The van der Waals surface area contributed by atoms with Gasteiger partial charge in [0.15, 0.2) is 0 Å². The molecular formula is C22H23ClF3NO2. The first kappa shape index (κ1) is 21.7. The molecule has 0 aromatic heterocycles. The second kappa shape index (κ2) is 8.36. The number of hydrogen-bond acceptors (Lipinski definition) is 2. The highest BCUT2D eigenvalue weighted by molar-refractivity contribution is 6.31. The molecule has 0 bridgehead atoms. The number of nitrogens with zero attached hydrogens (tertiary/aromatic N) is 1. The molecule has 156 valence electrons. The highest BCUT2D eigenvalue weighted by Gasteiger charge is 2.36. The Morgan fingerprint density at radius 2 is 1.93 bits per heavy atom. The van der Waals surface area contributed by atoms with Crippen molar-refractivity contribution in [2.75, 3.05) is 13.1 Å². The molecule has 1 aliphatic rings. The monoisotopic (exact) mass is 425 g/mol. The van der Waals surface area contributed by atoms with E-state index in [1.807, 2.05) is 36.9 Å². The molecule has 3 rings (SSSR count). The van der Waals surface area contributed by atoms with Crippen LogP contribution in [0.25, 0.3) is 0 Å². The first-order valence-corrected chi connectivity index (χ1v) is 9.86. The van der Waals surface area contributed by atoms with Gasteiger partial charge in [0.1, 0.15) is 0 Å². The van der Waals surface area contributed by atoms with Gasteiger partial charge in [0.2, 0.25) is 0 Å². The Morgan fingerprint density at radius 3 is 2.55 bits per heavy atom. The summed E-state index contributed by atoms with van der Waals surface area (Å²) in [6.07, 6.45) is -3.32. The average Bonchev–Trinajstić information content (AvgIpc) is 2.64. The summed E-state index contributed by atoms with van der Waals surface area (Å²) in [5, 5.41) is 9.12. The Kier molecular flexibility index (Phi) is 6.24. The molecule has 0 radical (unpaired) electrons. The van der Waals surface area contributed by atoms with Gasteiger partial charge in [-0.25, -0.2) is 0 Å². The molecule has 0 amide bonds. The van der Waals surface area contributed by atoms with Crippen LogP contribution in [0, 0.1) is 19.8 Å². The van der Waals surface area contributed by atoms with Gasteiger partial charge in [-0.15, -0.1) is 0 Å². The lowest BCUT2D eigenvalue weighted by atomic mass is 9.88.